The average Bonchev–Trinajstić information content (AvgIpc) is 2.66. The summed E-state index contributed by atoms with van der Waals surface area (Å²) in [6.45, 7) is 1.49. The first kappa shape index (κ1) is 20.9. The van der Waals surface area contributed by atoms with Crippen LogP contribution in [0.25, 0.3) is 10.8 Å². The van der Waals surface area contributed by atoms with Gasteiger partial charge in [-0.05, 0) is 64.6 Å². The maximum absolute atomic E-state index is 12.7. The smallest absolute Gasteiger partial charge is 0.223 e. The molecule has 0 aromatic heterocycles. The van der Waals surface area contributed by atoms with E-state index in [0.717, 1.165) is 41.1 Å². The molecule has 0 spiro atoms. The topological polar surface area (TPSA) is 54.5 Å². The molecule has 1 amide bonds. The molecule has 0 unspecified atom stereocenters. The van der Waals surface area contributed by atoms with Crippen molar-refractivity contribution in [1.82, 2.24) is 4.90 Å². The number of hydrogen-bond acceptors (Lipinski definition) is 3. The van der Waals surface area contributed by atoms with Crippen LogP contribution in [-0.4, -0.2) is 42.5 Å². The van der Waals surface area contributed by atoms with Crippen LogP contribution in [0.5, 0.6) is 0 Å². The summed E-state index contributed by atoms with van der Waals surface area (Å²) in [5.74, 6) is 0.485. The van der Waals surface area contributed by atoms with Gasteiger partial charge in [0.2, 0.25) is 5.91 Å². The van der Waals surface area contributed by atoms with Crippen LogP contribution >= 0.6 is 34.2 Å². The monoisotopic (exact) mass is 519 g/mol. The van der Waals surface area contributed by atoms with Gasteiger partial charge in [-0.1, -0.05) is 46.3 Å². The van der Waals surface area contributed by atoms with Gasteiger partial charge in [0.25, 0.3) is 0 Å². The Balaban J connectivity index is 1.61. The number of amides is 1. The van der Waals surface area contributed by atoms with Crippen molar-refractivity contribution in [1.29, 1.82) is 0 Å². The summed E-state index contributed by atoms with van der Waals surface area (Å²) in [6, 6.07) is 10.4. The standard InChI is InChI=1S/C20H23ClINO3S/c21-18-3-1-17-14-19(4-2-16(17)13-18)27(25,26)12-8-20(24)23-10-6-15(5-9-22)7-11-23/h1-4,13-15H,5-12H2. The van der Waals surface area contributed by atoms with E-state index in [1.165, 1.54) is 6.42 Å². The molecule has 3 rings (SSSR count). The van der Waals surface area contributed by atoms with Gasteiger partial charge in [-0.25, -0.2) is 8.42 Å². The highest BCUT2D eigenvalue weighted by Crippen LogP contribution is 2.24. The van der Waals surface area contributed by atoms with Crippen LogP contribution in [0.15, 0.2) is 41.3 Å². The minimum absolute atomic E-state index is 0.0396. The van der Waals surface area contributed by atoms with Crippen LogP contribution in [0.2, 0.25) is 5.02 Å². The third-order valence-corrected chi connectivity index (χ3v) is 7.77. The summed E-state index contributed by atoms with van der Waals surface area (Å²) in [5.41, 5.74) is 0. The normalized spacial score (nSPS) is 16.0. The van der Waals surface area contributed by atoms with Gasteiger partial charge >= 0.3 is 0 Å². The minimum atomic E-state index is -3.50. The van der Waals surface area contributed by atoms with Crippen molar-refractivity contribution in [3.05, 3.63) is 41.4 Å². The number of benzene rings is 2. The van der Waals surface area contributed by atoms with Crippen molar-refractivity contribution >= 4 is 60.7 Å². The van der Waals surface area contributed by atoms with Crippen molar-refractivity contribution in [2.75, 3.05) is 23.3 Å². The van der Waals surface area contributed by atoms with Crippen molar-refractivity contribution in [2.45, 2.75) is 30.6 Å². The fourth-order valence-electron chi connectivity index (χ4n) is 3.51. The zero-order chi connectivity index (χ0) is 19.4. The molecule has 1 saturated heterocycles. The average molecular weight is 520 g/mol. The number of halogens is 2. The number of rotatable bonds is 6. The molecule has 1 heterocycles. The quantitative estimate of drug-likeness (QED) is 0.410. The molecular weight excluding hydrogens is 497 g/mol. The second-order valence-corrected chi connectivity index (χ2v) is 10.6. The number of hydrogen-bond donors (Lipinski definition) is 0. The molecule has 1 aliphatic heterocycles. The number of sulfone groups is 1. The fourth-order valence-corrected chi connectivity index (χ4v) is 5.83. The van der Waals surface area contributed by atoms with Crippen molar-refractivity contribution in [3.63, 3.8) is 0 Å². The van der Waals surface area contributed by atoms with Crippen LogP contribution in [-0.2, 0) is 14.6 Å². The Labute approximate surface area is 179 Å². The zero-order valence-corrected chi connectivity index (χ0v) is 18.8. The van der Waals surface area contributed by atoms with E-state index in [9.17, 15) is 13.2 Å². The number of nitrogens with zero attached hydrogens (tertiary/aromatic N) is 1. The Morgan fingerprint density at radius 1 is 1.11 bits per heavy atom. The van der Waals surface area contributed by atoms with E-state index in [0.29, 0.717) is 10.9 Å². The Morgan fingerprint density at radius 3 is 2.48 bits per heavy atom. The first-order valence-electron chi connectivity index (χ1n) is 9.15. The maximum Gasteiger partial charge on any atom is 0.223 e. The summed E-state index contributed by atoms with van der Waals surface area (Å²) in [6.07, 6.45) is 3.28. The Hall–Kier alpha value is -0.860. The third kappa shape index (κ3) is 5.35. The third-order valence-electron chi connectivity index (χ3n) is 5.20. The van der Waals surface area contributed by atoms with Gasteiger partial charge in [-0.3, -0.25) is 4.79 Å². The van der Waals surface area contributed by atoms with Crippen LogP contribution in [0.1, 0.15) is 25.7 Å². The van der Waals surface area contributed by atoms with Gasteiger partial charge in [0, 0.05) is 24.5 Å². The summed E-state index contributed by atoms with van der Waals surface area (Å²) >= 11 is 8.36. The molecule has 1 fully saturated rings. The van der Waals surface area contributed by atoms with E-state index < -0.39 is 9.84 Å². The molecule has 0 aliphatic carbocycles. The number of likely N-dealkylation sites (tertiary alicyclic amines) is 1. The molecule has 7 heteroatoms. The molecule has 0 bridgehead atoms. The van der Waals surface area contributed by atoms with E-state index in [4.69, 9.17) is 11.6 Å². The lowest BCUT2D eigenvalue weighted by Crippen LogP contribution is -2.39. The van der Waals surface area contributed by atoms with Gasteiger partial charge < -0.3 is 4.90 Å². The number of piperidine rings is 1. The lowest BCUT2D eigenvalue weighted by Gasteiger charge is -2.31. The zero-order valence-electron chi connectivity index (χ0n) is 15.0. The lowest BCUT2D eigenvalue weighted by molar-refractivity contribution is -0.132. The molecular formula is C20H23ClINO3S. The molecule has 2 aromatic rings. The summed E-state index contributed by atoms with van der Waals surface area (Å²) < 4.78 is 26.5. The highest BCUT2D eigenvalue weighted by Gasteiger charge is 2.24. The predicted molar refractivity (Wildman–Crippen MR) is 118 cm³/mol. The predicted octanol–water partition coefficient (Wildman–Crippen LogP) is 4.72. The van der Waals surface area contributed by atoms with E-state index >= 15 is 0 Å². The maximum atomic E-state index is 12.7. The Morgan fingerprint density at radius 2 is 1.78 bits per heavy atom. The SMILES string of the molecule is O=C(CCS(=O)(=O)c1ccc2cc(Cl)ccc2c1)N1CCC(CCI)CC1. The lowest BCUT2D eigenvalue weighted by atomic mass is 9.94. The van der Waals surface area contributed by atoms with Crippen molar-refractivity contribution < 1.29 is 13.2 Å². The first-order valence-corrected chi connectivity index (χ1v) is 12.7. The minimum Gasteiger partial charge on any atom is -0.343 e. The second-order valence-electron chi connectivity index (χ2n) is 7.02. The summed E-state index contributed by atoms with van der Waals surface area (Å²) in [7, 11) is -3.50. The van der Waals surface area contributed by atoms with Crippen LogP contribution < -0.4 is 0 Å². The van der Waals surface area contributed by atoms with Gasteiger partial charge in [0.1, 0.15) is 0 Å². The molecule has 0 N–H and O–H groups in total. The molecule has 4 nitrogen and oxygen atoms in total. The van der Waals surface area contributed by atoms with Gasteiger partial charge in [0.15, 0.2) is 9.84 Å². The van der Waals surface area contributed by atoms with E-state index in [1.54, 1.807) is 30.3 Å². The van der Waals surface area contributed by atoms with E-state index in [2.05, 4.69) is 22.6 Å². The number of carbonyl (C=O) groups is 1. The van der Waals surface area contributed by atoms with Gasteiger partial charge in [-0.15, -0.1) is 0 Å². The molecule has 27 heavy (non-hydrogen) atoms. The summed E-state index contributed by atoms with van der Waals surface area (Å²) in [5, 5.41) is 2.34. The van der Waals surface area contributed by atoms with Crippen LogP contribution in [0.3, 0.4) is 0 Å². The number of carbonyl (C=O) groups excluding carboxylic acids is 1. The van der Waals surface area contributed by atoms with E-state index in [-0.39, 0.29) is 23.0 Å². The number of fused-ring (bicyclic) bond motifs is 1. The fraction of sp³-hybridized carbons (Fsp3) is 0.450. The number of alkyl halides is 1. The van der Waals surface area contributed by atoms with Crippen LogP contribution in [0.4, 0.5) is 0 Å². The second kappa shape index (κ2) is 9.09. The van der Waals surface area contributed by atoms with Gasteiger partial charge in [0.05, 0.1) is 10.6 Å². The van der Waals surface area contributed by atoms with E-state index in [1.807, 2.05) is 11.0 Å². The molecule has 0 atom stereocenters. The highest BCUT2D eigenvalue weighted by atomic mass is 127. The largest absolute Gasteiger partial charge is 0.343 e. The van der Waals surface area contributed by atoms with Crippen molar-refractivity contribution in [3.8, 4) is 0 Å². The molecule has 0 saturated carbocycles. The molecule has 1 aliphatic rings. The molecule has 2 aromatic carbocycles. The van der Waals surface area contributed by atoms with Crippen molar-refractivity contribution in [2.24, 2.45) is 5.92 Å². The highest BCUT2D eigenvalue weighted by molar-refractivity contribution is 14.1. The summed E-state index contributed by atoms with van der Waals surface area (Å²) in [4.78, 5) is 14.5. The molecule has 146 valence electrons. The molecule has 0 radical (unpaired) electrons. The first-order chi connectivity index (χ1) is 12.9. The Kier molecular flexibility index (Phi) is 7.03. The van der Waals surface area contributed by atoms with Gasteiger partial charge in [-0.2, -0.15) is 0 Å². The Bertz CT molecular complexity index is 924. The van der Waals surface area contributed by atoms with Crippen LogP contribution in [0, 0.1) is 5.92 Å².